The van der Waals surface area contributed by atoms with Crippen LogP contribution in [0.2, 0.25) is 0 Å². The largest absolute Gasteiger partial charge is 0.309 e. The summed E-state index contributed by atoms with van der Waals surface area (Å²) in [5.41, 5.74) is 2.16. The lowest BCUT2D eigenvalue weighted by molar-refractivity contribution is 0.632. The van der Waals surface area contributed by atoms with Crippen molar-refractivity contribution in [2.75, 3.05) is 6.54 Å². The predicted octanol–water partition coefficient (Wildman–Crippen LogP) is 3.78. The first-order chi connectivity index (χ1) is 9.92. The Bertz CT molecular complexity index is 739. The molecule has 1 aliphatic heterocycles. The van der Waals surface area contributed by atoms with Gasteiger partial charge in [0.05, 0.1) is 11.7 Å². The van der Waals surface area contributed by atoms with Crippen LogP contribution in [0, 0.1) is 0 Å². The van der Waals surface area contributed by atoms with Gasteiger partial charge in [-0.3, -0.25) is 4.98 Å². The molecular formula is C16H15N3S. The van der Waals surface area contributed by atoms with E-state index in [1.807, 2.05) is 12.3 Å². The van der Waals surface area contributed by atoms with Gasteiger partial charge in [0, 0.05) is 17.0 Å². The van der Waals surface area contributed by atoms with E-state index >= 15 is 0 Å². The number of nitrogens with zero attached hydrogens (tertiary/aromatic N) is 2. The molecule has 1 aromatic carbocycles. The first kappa shape index (κ1) is 12.0. The van der Waals surface area contributed by atoms with Crippen LogP contribution in [0.4, 0.5) is 0 Å². The van der Waals surface area contributed by atoms with Crippen LogP contribution in [0.5, 0.6) is 0 Å². The monoisotopic (exact) mass is 281 g/mol. The number of rotatable bonds is 2. The Morgan fingerprint density at radius 3 is 3.05 bits per heavy atom. The van der Waals surface area contributed by atoms with Gasteiger partial charge in [0.1, 0.15) is 10.7 Å². The third-order valence-corrected chi connectivity index (χ3v) is 4.68. The summed E-state index contributed by atoms with van der Waals surface area (Å²) in [5, 5.41) is 9.08. The molecule has 1 atom stereocenters. The molecule has 1 unspecified atom stereocenters. The Balaban J connectivity index is 1.79. The molecular weight excluding hydrogens is 266 g/mol. The van der Waals surface area contributed by atoms with Gasteiger partial charge in [-0.2, -0.15) is 0 Å². The molecule has 20 heavy (non-hydrogen) atoms. The minimum absolute atomic E-state index is 0.426. The molecule has 0 radical (unpaired) electrons. The van der Waals surface area contributed by atoms with Crippen molar-refractivity contribution in [2.24, 2.45) is 0 Å². The maximum atomic E-state index is 4.81. The van der Waals surface area contributed by atoms with Crippen LogP contribution >= 0.6 is 11.3 Å². The maximum Gasteiger partial charge on any atom is 0.142 e. The third kappa shape index (κ3) is 2.01. The van der Waals surface area contributed by atoms with Gasteiger partial charge >= 0.3 is 0 Å². The molecule has 100 valence electrons. The smallest absolute Gasteiger partial charge is 0.142 e. The Morgan fingerprint density at radius 1 is 1.20 bits per heavy atom. The Labute approximate surface area is 121 Å². The SMILES string of the molecule is c1ccc2c(-c3nc(C4CCCN4)cs3)nccc2c1. The summed E-state index contributed by atoms with van der Waals surface area (Å²) in [6.45, 7) is 1.10. The van der Waals surface area contributed by atoms with Crippen molar-refractivity contribution in [2.45, 2.75) is 18.9 Å². The van der Waals surface area contributed by atoms with Crippen LogP contribution in [-0.4, -0.2) is 16.5 Å². The van der Waals surface area contributed by atoms with E-state index < -0.39 is 0 Å². The number of benzene rings is 1. The van der Waals surface area contributed by atoms with Gasteiger partial charge in [-0.25, -0.2) is 4.98 Å². The number of fused-ring (bicyclic) bond motifs is 1. The zero-order valence-electron chi connectivity index (χ0n) is 11.0. The molecule has 0 spiro atoms. The van der Waals surface area contributed by atoms with Crippen LogP contribution in [0.25, 0.3) is 21.5 Å². The Hall–Kier alpha value is -1.78. The average molecular weight is 281 g/mol. The van der Waals surface area contributed by atoms with Gasteiger partial charge in [-0.05, 0) is 30.8 Å². The summed E-state index contributed by atoms with van der Waals surface area (Å²) in [5.74, 6) is 0. The van der Waals surface area contributed by atoms with Crippen molar-refractivity contribution >= 4 is 22.1 Å². The van der Waals surface area contributed by atoms with E-state index in [4.69, 9.17) is 4.98 Å². The summed E-state index contributed by atoms with van der Waals surface area (Å²) in [6.07, 6.45) is 4.29. The fourth-order valence-electron chi connectivity index (χ4n) is 2.78. The fraction of sp³-hybridized carbons (Fsp3) is 0.250. The van der Waals surface area contributed by atoms with Crippen LogP contribution < -0.4 is 5.32 Å². The van der Waals surface area contributed by atoms with E-state index in [1.165, 1.54) is 23.6 Å². The number of hydrogen-bond acceptors (Lipinski definition) is 4. The molecule has 0 saturated carbocycles. The number of hydrogen-bond donors (Lipinski definition) is 1. The zero-order valence-corrected chi connectivity index (χ0v) is 11.9. The van der Waals surface area contributed by atoms with Gasteiger partial charge in [-0.1, -0.05) is 24.3 Å². The van der Waals surface area contributed by atoms with Crippen molar-refractivity contribution in [3.8, 4) is 10.7 Å². The summed E-state index contributed by atoms with van der Waals surface area (Å²) in [4.78, 5) is 9.35. The number of nitrogens with one attached hydrogen (secondary N) is 1. The quantitative estimate of drug-likeness (QED) is 0.776. The molecule has 1 fully saturated rings. The van der Waals surface area contributed by atoms with Gasteiger partial charge in [0.15, 0.2) is 0 Å². The molecule has 1 saturated heterocycles. The third-order valence-electron chi connectivity index (χ3n) is 3.82. The van der Waals surface area contributed by atoms with Gasteiger partial charge in [0.2, 0.25) is 0 Å². The molecule has 0 bridgehead atoms. The predicted molar refractivity (Wildman–Crippen MR) is 82.8 cm³/mol. The van der Waals surface area contributed by atoms with Crippen molar-refractivity contribution in [1.82, 2.24) is 15.3 Å². The minimum atomic E-state index is 0.426. The molecule has 0 amide bonds. The first-order valence-corrected chi connectivity index (χ1v) is 7.83. The molecule has 1 N–H and O–H groups in total. The minimum Gasteiger partial charge on any atom is -0.309 e. The van der Waals surface area contributed by atoms with Gasteiger partial charge in [-0.15, -0.1) is 11.3 Å². The second kappa shape index (κ2) is 4.96. The van der Waals surface area contributed by atoms with Crippen molar-refractivity contribution < 1.29 is 0 Å². The van der Waals surface area contributed by atoms with Gasteiger partial charge in [0.25, 0.3) is 0 Å². The lowest BCUT2D eigenvalue weighted by atomic mass is 10.1. The highest BCUT2D eigenvalue weighted by Gasteiger charge is 2.20. The topological polar surface area (TPSA) is 37.8 Å². The maximum absolute atomic E-state index is 4.81. The first-order valence-electron chi connectivity index (χ1n) is 6.95. The molecule has 1 aliphatic rings. The fourth-order valence-corrected chi connectivity index (χ4v) is 3.66. The molecule has 3 nitrogen and oxygen atoms in total. The van der Waals surface area contributed by atoms with E-state index in [0.29, 0.717) is 6.04 Å². The standard InChI is InChI=1S/C16H15N3S/c1-2-5-12-11(4-1)7-9-18-15(12)16-19-14(10-20-16)13-6-3-8-17-13/h1-2,4-5,7,9-10,13,17H,3,6,8H2. The highest BCUT2D eigenvalue weighted by Crippen LogP contribution is 2.32. The van der Waals surface area contributed by atoms with Crippen molar-refractivity contribution in [3.63, 3.8) is 0 Å². The summed E-state index contributed by atoms with van der Waals surface area (Å²) >= 11 is 1.69. The van der Waals surface area contributed by atoms with Crippen molar-refractivity contribution in [3.05, 3.63) is 47.6 Å². The summed E-state index contributed by atoms with van der Waals surface area (Å²) in [7, 11) is 0. The second-order valence-corrected chi connectivity index (χ2v) is 5.97. The molecule has 0 aliphatic carbocycles. The van der Waals surface area contributed by atoms with Crippen LogP contribution in [0.3, 0.4) is 0 Å². The normalized spacial score (nSPS) is 18.7. The highest BCUT2D eigenvalue weighted by atomic mass is 32.1. The summed E-state index contributed by atoms with van der Waals surface area (Å²) in [6, 6.07) is 10.8. The van der Waals surface area contributed by atoms with Crippen molar-refractivity contribution in [1.29, 1.82) is 0 Å². The van der Waals surface area contributed by atoms with Crippen LogP contribution in [-0.2, 0) is 0 Å². The Kier molecular flexibility index (Phi) is 2.98. The zero-order chi connectivity index (χ0) is 13.4. The van der Waals surface area contributed by atoms with E-state index in [1.54, 1.807) is 11.3 Å². The molecule has 3 heterocycles. The van der Waals surface area contributed by atoms with E-state index in [0.717, 1.165) is 22.9 Å². The van der Waals surface area contributed by atoms with Crippen LogP contribution in [0.1, 0.15) is 24.6 Å². The number of pyridine rings is 1. The highest BCUT2D eigenvalue weighted by molar-refractivity contribution is 7.13. The second-order valence-electron chi connectivity index (χ2n) is 5.11. The lowest BCUT2D eigenvalue weighted by Gasteiger charge is -2.05. The van der Waals surface area contributed by atoms with E-state index in [-0.39, 0.29) is 0 Å². The average Bonchev–Trinajstić information content (AvgIpc) is 3.17. The van der Waals surface area contributed by atoms with Crippen LogP contribution in [0.15, 0.2) is 41.9 Å². The van der Waals surface area contributed by atoms with Gasteiger partial charge < -0.3 is 5.32 Å². The molecule has 4 rings (SSSR count). The van der Waals surface area contributed by atoms with E-state index in [9.17, 15) is 0 Å². The number of aromatic nitrogens is 2. The molecule has 4 heteroatoms. The Morgan fingerprint density at radius 2 is 2.15 bits per heavy atom. The lowest BCUT2D eigenvalue weighted by Crippen LogP contribution is -2.12. The molecule has 3 aromatic rings. The molecule has 2 aromatic heterocycles. The van der Waals surface area contributed by atoms with E-state index in [2.05, 4.69) is 39.9 Å². The summed E-state index contributed by atoms with van der Waals surface area (Å²) < 4.78 is 0. The number of thiazole rings is 1.